The Bertz CT molecular complexity index is 347. The van der Waals surface area contributed by atoms with Crippen LogP contribution in [0.1, 0.15) is 9.67 Å². The van der Waals surface area contributed by atoms with Gasteiger partial charge in [0.25, 0.3) is 0 Å². The molecule has 0 radical (unpaired) electrons. The molecule has 0 saturated carbocycles. The van der Waals surface area contributed by atoms with Crippen molar-refractivity contribution in [2.24, 2.45) is 0 Å². The Morgan fingerprint density at radius 2 is 1.89 bits per heavy atom. The number of halogens is 2. The second-order valence-electron chi connectivity index (χ2n) is 3.42. The average Bonchev–Trinajstić information content (AvgIpc) is 2.61. The van der Waals surface area contributed by atoms with Crippen molar-refractivity contribution in [3.8, 4) is 0 Å². The first-order valence-electron chi connectivity index (χ1n) is 5.11. The van der Waals surface area contributed by atoms with Crippen molar-refractivity contribution in [2.75, 3.05) is 33.4 Å². The number of aliphatic hydroxyl groups excluding tert-OH is 2. The molecule has 0 bridgehead atoms. The van der Waals surface area contributed by atoms with E-state index in [1.165, 1.54) is 6.07 Å². The highest BCUT2D eigenvalue weighted by Crippen LogP contribution is 2.30. The van der Waals surface area contributed by atoms with Crippen molar-refractivity contribution in [1.29, 1.82) is 0 Å². The van der Waals surface area contributed by atoms with Gasteiger partial charge in [0.15, 0.2) is 0 Å². The minimum atomic E-state index is -1.25. The van der Waals surface area contributed by atoms with Gasteiger partial charge in [0.2, 0.25) is 0 Å². The highest BCUT2D eigenvalue weighted by molar-refractivity contribution is 7.18. The van der Waals surface area contributed by atoms with Gasteiger partial charge in [0.1, 0.15) is 17.4 Å². The van der Waals surface area contributed by atoms with Crippen LogP contribution in [-0.2, 0) is 0 Å². The molecule has 1 heterocycles. The van der Waals surface area contributed by atoms with E-state index in [2.05, 4.69) is 0 Å². The van der Waals surface area contributed by atoms with Gasteiger partial charge in [0.05, 0.1) is 36.1 Å². The van der Waals surface area contributed by atoms with Crippen molar-refractivity contribution >= 4 is 40.5 Å². The first-order valence-corrected chi connectivity index (χ1v) is 6.68. The second-order valence-corrected chi connectivity index (χ2v) is 5.49. The Hall–Kier alpha value is -0.370. The average molecular weight is 316 g/mol. The number of carbonyl (C=O) groups excluding carboxylic acids is 1. The zero-order valence-corrected chi connectivity index (χ0v) is 12.1. The summed E-state index contributed by atoms with van der Waals surface area (Å²) in [6.07, 6.45) is 0. The SMILES string of the molecule is C[NH+](CCO)CCO.O=C([O-])c1cc(Cl)c(Cl)s1. The van der Waals surface area contributed by atoms with Crippen LogP contribution in [-0.4, -0.2) is 49.5 Å². The van der Waals surface area contributed by atoms with Crippen LogP contribution in [0.4, 0.5) is 0 Å². The molecule has 5 nitrogen and oxygen atoms in total. The lowest BCUT2D eigenvalue weighted by Gasteiger charge is -2.08. The van der Waals surface area contributed by atoms with Gasteiger partial charge in [-0.2, -0.15) is 0 Å². The zero-order chi connectivity index (χ0) is 14.1. The number of likely N-dealkylation sites (N-methyl/N-ethyl adjacent to an activating group) is 1. The third-order valence-corrected chi connectivity index (χ3v) is 3.77. The number of thiophene rings is 1. The standard InChI is InChI=1S/C5H2Cl2O2S.C5H13NO2/c6-2-1-3(5(8)9)10-4(2)7;1-6(2-4-7)3-5-8/h1H,(H,8,9);7-8H,2-5H2,1H3. The Kier molecular flexibility index (Phi) is 9.35. The van der Waals surface area contributed by atoms with Crippen LogP contribution in [0.5, 0.6) is 0 Å². The van der Waals surface area contributed by atoms with Crippen molar-refractivity contribution in [1.82, 2.24) is 0 Å². The fourth-order valence-corrected chi connectivity index (χ4v) is 2.16. The Morgan fingerprint density at radius 1 is 1.39 bits per heavy atom. The van der Waals surface area contributed by atoms with Crippen LogP contribution in [0.25, 0.3) is 0 Å². The molecule has 1 rings (SSSR count). The van der Waals surface area contributed by atoms with Gasteiger partial charge < -0.3 is 25.0 Å². The van der Waals surface area contributed by atoms with Crippen molar-refractivity contribution in [2.45, 2.75) is 0 Å². The van der Waals surface area contributed by atoms with Crippen LogP contribution in [0.2, 0.25) is 9.36 Å². The fraction of sp³-hybridized carbons (Fsp3) is 0.500. The molecule has 0 unspecified atom stereocenters. The number of carboxylic acids is 1. The molecule has 104 valence electrons. The first kappa shape index (κ1) is 17.6. The predicted molar refractivity (Wildman–Crippen MR) is 69.5 cm³/mol. The number of nitrogens with one attached hydrogen (secondary N) is 1. The van der Waals surface area contributed by atoms with E-state index in [1.807, 2.05) is 7.05 Å². The maximum atomic E-state index is 10.1. The molecule has 0 aromatic carbocycles. The Labute approximate surface area is 119 Å². The van der Waals surface area contributed by atoms with Crippen LogP contribution in [0.3, 0.4) is 0 Å². The third kappa shape index (κ3) is 7.15. The number of hydrogen-bond acceptors (Lipinski definition) is 5. The minimum absolute atomic E-state index is 0.0509. The van der Waals surface area contributed by atoms with Crippen molar-refractivity contribution in [3.63, 3.8) is 0 Å². The monoisotopic (exact) mass is 315 g/mol. The number of aliphatic hydroxyl groups is 2. The van der Waals surface area contributed by atoms with E-state index in [4.69, 9.17) is 33.4 Å². The lowest BCUT2D eigenvalue weighted by molar-refractivity contribution is -0.880. The van der Waals surface area contributed by atoms with Gasteiger partial charge >= 0.3 is 0 Å². The summed E-state index contributed by atoms with van der Waals surface area (Å²) in [6, 6.07) is 1.27. The first-order chi connectivity index (χ1) is 8.42. The molecule has 0 fully saturated rings. The molecular weight excluding hydrogens is 301 g/mol. The van der Waals surface area contributed by atoms with Gasteiger partial charge in [-0.3, -0.25) is 0 Å². The number of carbonyl (C=O) groups is 1. The molecule has 3 N–H and O–H groups in total. The molecule has 0 aliphatic heterocycles. The van der Waals surface area contributed by atoms with E-state index in [9.17, 15) is 9.90 Å². The van der Waals surface area contributed by atoms with E-state index in [0.29, 0.717) is 0 Å². The summed E-state index contributed by atoms with van der Waals surface area (Å²) >= 11 is 11.8. The molecule has 8 heteroatoms. The Morgan fingerprint density at radius 3 is 2.11 bits per heavy atom. The minimum Gasteiger partial charge on any atom is -0.544 e. The number of aromatic carboxylic acids is 1. The smallest absolute Gasteiger partial charge is 0.112 e. The Balaban J connectivity index is 0.000000331. The summed E-state index contributed by atoms with van der Waals surface area (Å²) in [6.45, 7) is 1.85. The molecule has 18 heavy (non-hydrogen) atoms. The molecular formula is C10H15Cl2NO4S. The zero-order valence-electron chi connectivity index (χ0n) is 9.78. The molecule has 0 atom stereocenters. The van der Waals surface area contributed by atoms with Crippen molar-refractivity contribution in [3.05, 3.63) is 20.3 Å². The number of carboxylic acid groups (broad SMARTS) is 1. The van der Waals surface area contributed by atoms with Crippen molar-refractivity contribution < 1.29 is 25.0 Å². The van der Waals surface area contributed by atoms with Gasteiger partial charge in [-0.15, -0.1) is 11.3 Å². The maximum Gasteiger partial charge on any atom is 0.112 e. The summed E-state index contributed by atoms with van der Waals surface area (Å²) in [5.74, 6) is -1.25. The molecule has 0 aliphatic rings. The summed E-state index contributed by atoms with van der Waals surface area (Å²) in [5.41, 5.74) is 0. The van der Waals surface area contributed by atoms with Gasteiger partial charge in [-0.05, 0) is 6.07 Å². The van der Waals surface area contributed by atoms with E-state index in [-0.39, 0.29) is 27.4 Å². The largest absolute Gasteiger partial charge is 0.544 e. The lowest BCUT2D eigenvalue weighted by Crippen LogP contribution is -3.10. The summed E-state index contributed by atoms with van der Waals surface area (Å²) < 4.78 is 0.279. The maximum absolute atomic E-state index is 10.1. The molecule has 1 aromatic rings. The van der Waals surface area contributed by atoms with E-state index < -0.39 is 5.97 Å². The van der Waals surface area contributed by atoms with E-state index in [1.54, 1.807) is 0 Å². The van der Waals surface area contributed by atoms with E-state index >= 15 is 0 Å². The summed E-state index contributed by atoms with van der Waals surface area (Å²) in [5, 5.41) is 27.1. The van der Waals surface area contributed by atoms with Crippen LogP contribution in [0.15, 0.2) is 6.07 Å². The number of quaternary nitrogens is 1. The van der Waals surface area contributed by atoms with Crippen LogP contribution < -0.4 is 10.0 Å². The highest BCUT2D eigenvalue weighted by Gasteiger charge is 2.04. The second kappa shape index (κ2) is 9.55. The molecule has 0 amide bonds. The molecule has 0 saturated heterocycles. The fourth-order valence-electron chi connectivity index (χ4n) is 0.954. The summed E-state index contributed by atoms with van der Waals surface area (Å²) in [4.78, 5) is 11.4. The predicted octanol–water partition coefficient (Wildman–Crippen LogP) is -1.10. The molecule has 0 spiro atoms. The molecule has 0 aliphatic carbocycles. The third-order valence-electron chi connectivity index (χ3n) is 1.92. The van der Waals surface area contributed by atoms with Gasteiger partial charge in [0, 0.05) is 0 Å². The van der Waals surface area contributed by atoms with Crippen LogP contribution in [0, 0.1) is 0 Å². The van der Waals surface area contributed by atoms with Gasteiger partial charge in [-0.1, -0.05) is 23.2 Å². The van der Waals surface area contributed by atoms with Gasteiger partial charge in [-0.25, -0.2) is 0 Å². The summed E-state index contributed by atoms with van der Waals surface area (Å²) in [7, 11) is 1.94. The van der Waals surface area contributed by atoms with E-state index in [0.717, 1.165) is 29.3 Å². The highest BCUT2D eigenvalue weighted by atomic mass is 35.5. The normalized spacial score (nSPS) is 10.1. The van der Waals surface area contributed by atoms with Crippen LogP contribution >= 0.6 is 34.5 Å². The number of rotatable bonds is 5. The quantitative estimate of drug-likeness (QED) is 0.644. The number of hydrogen-bond donors (Lipinski definition) is 3. The topological polar surface area (TPSA) is 85.0 Å². The molecule has 1 aromatic heterocycles. The lowest BCUT2D eigenvalue weighted by atomic mass is 10.5.